The van der Waals surface area contributed by atoms with E-state index in [-0.39, 0.29) is 5.54 Å². The summed E-state index contributed by atoms with van der Waals surface area (Å²) >= 11 is 0. The first-order chi connectivity index (χ1) is 7.99. The summed E-state index contributed by atoms with van der Waals surface area (Å²) in [4.78, 5) is 2.73. The molecule has 0 aromatic carbocycles. The van der Waals surface area contributed by atoms with Crippen molar-refractivity contribution < 1.29 is 4.74 Å². The van der Waals surface area contributed by atoms with Crippen LogP contribution in [0.3, 0.4) is 0 Å². The number of piperazine rings is 1. The minimum atomic E-state index is 0.286. The van der Waals surface area contributed by atoms with Crippen molar-refractivity contribution in [3.8, 4) is 0 Å². The second-order valence-corrected chi connectivity index (χ2v) is 6.38. The highest BCUT2D eigenvalue weighted by Crippen LogP contribution is 2.33. The molecule has 3 nitrogen and oxygen atoms in total. The first kappa shape index (κ1) is 13.3. The van der Waals surface area contributed by atoms with Gasteiger partial charge in [0, 0.05) is 43.4 Å². The van der Waals surface area contributed by atoms with Crippen molar-refractivity contribution in [3.63, 3.8) is 0 Å². The molecule has 0 aromatic heterocycles. The molecule has 17 heavy (non-hydrogen) atoms. The molecule has 2 unspecified atom stereocenters. The van der Waals surface area contributed by atoms with E-state index in [0.717, 1.165) is 19.8 Å². The van der Waals surface area contributed by atoms with Crippen LogP contribution < -0.4 is 5.32 Å². The molecule has 3 heteroatoms. The third-order valence-corrected chi connectivity index (χ3v) is 4.92. The molecular weight excluding hydrogens is 212 g/mol. The number of hydrogen-bond donors (Lipinski definition) is 1. The van der Waals surface area contributed by atoms with Crippen molar-refractivity contribution in [2.24, 2.45) is 0 Å². The van der Waals surface area contributed by atoms with E-state index in [2.05, 4.69) is 37.9 Å². The molecule has 1 N–H and O–H groups in total. The van der Waals surface area contributed by atoms with Crippen molar-refractivity contribution in [2.75, 3.05) is 26.3 Å². The molecule has 2 saturated heterocycles. The number of rotatable bonds is 2. The lowest BCUT2D eigenvalue weighted by atomic mass is 9.84. The van der Waals surface area contributed by atoms with Crippen LogP contribution in [0.5, 0.6) is 0 Å². The van der Waals surface area contributed by atoms with Gasteiger partial charge in [-0.25, -0.2) is 0 Å². The molecule has 0 bridgehead atoms. The van der Waals surface area contributed by atoms with Gasteiger partial charge in [0.2, 0.25) is 0 Å². The van der Waals surface area contributed by atoms with Crippen molar-refractivity contribution >= 4 is 0 Å². The average molecular weight is 240 g/mol. The van der Waals surface area contributed by atoms with Gasteiger partial charge in [0.15, 0.2) is 0 Å². The predicted octanol–water partition coefficient (Wildman–Crippen LogP) is 2.02. The third-order valence-electron chi connectivity index (χ3n) is 4.92. The highest BCUT2D eigenvalue weighted by Gasteiger charge is 2.42. The highest BCUT2D eigenvalue weighted by atomic mass is 16.5. The molecule has 0 spiro atoms. The molecule has 2 heterocycles. The Hall–Kier alpha value is -0.120. The lowest BCUT2D eigenvalue weighted by Crippen LogP contribution is -2.67. The van der Waals surface area contributed by atoms with Crippen molar-refractivity contribution in [3.05, 3.63) is 0 Å². The number of nitrogens with zero attached hydrogens (tertiary/aromatic N) is 1. The summed E-state index contributed by atoms with van der Waals surface area (Å²) in [5, 5.41) is 3.71. The average Bonchev–Trinajstić information content (AvgIpc) is 2.33. The molecule has 2 aliphatic heterocycles. The van der Waals surface area contributed by atoms with Crippen molar-refractivity contribution in [1.82, 2.24) is 10.2 Å². The smallest absolute Gasteiger partial charge is 0.0483 e. The maximum atomic E-state index is 5.53. The fourth-order valence-corrected chi connectivity index (χ4v) is 3.15. The van der Waals surface area contributed by atoms with Gasteiger partial charge in [-0.05, 0) is 40.0 Å². The van der Waals surface area contributed by atoms with E-state index in [1.54, 1.807) is 0 Å². The summed E-state index contributed by atoms with van der Waals surface area (Å²) in [6.07, 6.45) is 3.55. The molecule has 2 atom stereocenters. The minimum absolute atomic E-state index is 0.286. The van der Waals surface area contributed by atoms with E-state index >= 15 is 0 Å². The van der Waals surface area contributed by atoms with E-state index < -0.39 is 0 Å². The Kier molecular flexibility index (Phi) is 3.81. The van der Waals surface area contributed by atoms with E-state index in [0.29, 0.717) is 11.6 Å². The van der Waals surface area contributed by atoms with Gasteiger partial charge in [-0.2, -0.15) is 0 Å². The molecule has 0 radical (unpaired) electrons. The molecule has 100 valence electrons. The third kappa shape index (κ3) is 2.67. The van der Waals surface area contributed by atoms with Crippen LogP contribution in [0, 0.1) is 0 Å². The van der Waals surface area contributed by atoms with Crippen LogP contribution in [0.15, 0.2) is 0 Å². The van der Waals surface area contributed by atoms with Gasteiger partial charge in [0.05, 0.1) is 0 Å². The standard InChI is InChI=1S/C14H28N2O/c1-5-13(3)11-16(12(2)10-15-13)14(4)6-8-17-9-7-14/h12,15H,5-11H2,1-4H3. The SMILES string of the molecule is CCC1(C)CN(C2(C)CCOCC2)C(C)CN1. The van der Waals surface area contributed by atoms with Crippen LogP contribution in [0.2, 0.25) is 0 Å². The zero-order chi connectivity index (χ0) is 12.5. The first-order valence-corrected chi connectivity index (χ1v) is 7.09. The Morgan fingerprint density at radius 1 is 1.29 bits per heavy atom. The normalized spacial score (nSPS) is 39.2. The zero-order valence-electron chi connectivity index (χ0n) is 11.9. The van der Waals surface area contributed by atoms with Gasteiger partial charge < -0.3 is 10.1 Å². The Morgan fingerprint density at radius 2 is 1.94 bits per heavy atom. The molecule has 2 fully saturated rings. The van der Waals surface area contributed by atoms with Crippen LogP contribution in [0.25, 0.3) is 0 Å². The summed E-state index contributed by atoms with van der Waals surface area (Å²) in [5.74, 6) is 0. The van der Waals surface area contributed by atoms with E-state index in [1.165, 1.54) is 25.8 Å². The number of nitrogens with one attached hydrogen (secondary N) is 1. The molecule has 0 aromatic rings. The molecule has 2 aliphatic rings. The fraction of sp³-hybridized carbons (Fsp3) is 1.00. The predicted molar refractivity (Wildman–Crippen MR) is 71.3 cm³/mol. The summed E-state index contributed by atoms with van der Waals surface area (Å²) in [5.41, 5.74) is 0.629. The minimum Gasteiger partial charge on any atom is -0.381 e. The second kappa shape index (κ2) is 4.87. The summed E-state index contributed by atoms with van der Waals surface area (Å²) in [6, 6.07) is 0.637. The van der Waals surface area contributed by atoms with Gasteiger partial charge in [-0.3, -0.25) is 4.90 Å². The van der Waals surface area contributed by atoms with Crippen LogP contribution >= 0.6 is 0 Å². The highest BCUT2D eigenvalue weighted by molar-refractivity contribution is 5.00. The maximum Gasteiger partial charge on any atom is 0.0483 e. The Labute approximate surface area is 106 Å². The zero-order valence-corrected chi connectivity index (χ0v) is 11.9. The first-order valence-electron chi connectivity index (χ1n) is 7.09. The monoisotopic (exact) mass is 240 g/mol. The Morgan fingerprint density at radius 3 is 2.53 bits per heavy atom. The van der Waals surface area contributed by atoms with Crippen molar-refractivity contribution in [1.29, 1.82) is 0 Å². The Bertz CT molecular complexity index is 263. The lowest BCUT2D eigenvalue weighted by molar-refractivity contribution is -0.0615. The quantitative estimate of drug-likeness (QED) is 0.799. The molecule has 0 amide bonds. The maximum absolute atomic E-state index is 5.53. The molecule has 0 aliphatic carbocycles. The van der Waals surface area contributed by atoms with Crippen LogP contribution in [-0.4, -0.2) is 48.3 Å². The van der Waals surface area contributed by atoms with E-state index in [9.17, 15) is 0 Å². The van der Waals surface area contributed by atoms with Gasteiger partial charge >= 0.3 is 0 Å². The van der Waals surface area contributed by atoms with Crippen molar-refractivity contribution in [2.45, 2.75) is 64.1 Å². The summed E-state index contributed by atoms with van der Waals surface area (Å²) < 4.78 is 5.53. The Balaban J connectivity index is 2.11. The van der Waals surface area contributed by atoms with Gasteiger partial charge in [0.1, 0.15) is 0 Å². The second-order valence-electron chi connectivity index (χ2n) is 6.38. The van der Waals surface area contributed by atoms with E-state index in [4.69, 9.17) is 4.74 Å². The topological polar surface area (TPSA) is 24.5 Å². The van der Waals surface area contributed by atoms with E-state index in [1.807, 2.05) is 0 Å². The number of hydrogen-bond acceptors (Lipinski definition) is 3. The van der Waals surface area contributed by atoms with Gasteiger partial charge in [-0.1, -0.05) is 6.92 Å². The molecule has 2 rings (SSSR count). The van der Waals surface area contributed by atoms with Gasteiger partial charge in [-0.15, -0.1) is 0 Å². The molecular formula is C14H28N2O. The van der Waals surface area contributed by atoms with Gasteiger partial charge in [0.25, 0.3) is 0 Å². The van der Waals surface area contributed by atoms with Crippen LogP contribution in [-0.2, 0) is 4.74 Å². The number of ether oxygens (including phenoxy) is 1. The van der Waals surface area contributed by atoms with Crippen LogP contribution in [0.4, 0.5) is 0 Å². The summed E-state index contributed by atoms with van der Waals surface area (Å²) in [7, 11) is 0. The summed E-state index contributed by atoms with van der Waals surface area (Å²) in [6.45, 7) is 13.5. The molecule has 0 saturated carbocycles. The fourth-order valence-electron chi connectivity index (χ4n) is 3.15. The largest absolute Gasteiger partial charge is 0.381 e. The van der Waals surface area contributed by atoms with Crippen LogP contribution in [0.1, 0.15) is 47.0 Å². The lowest BCUT2D eigenvalue weighted by Gasteiger charge is -2.54.